The number of aliphatic carboxylic acids is 3. The Bertz CT molecular complexity index is 3560. The monoisotopic (exact) mass is 1560 g/mol. The first-order chi connectivity index (χ1) is 51.4. The molecule has 44 nitrogen and oxygen atoms in total. The van der Waals surface area contributed by atoms with E-state index in [1.165, 1.54) is 52.7 Å². The standard InChI is InChI=1S/C66H105N21O23/c1-12-29(5)49(69)63(106)85-44(25-88)62(105)81-38(14-17-45(67)89)56(99)75-34(10)55(98)86-50(28(3)4)64(107)83-42(21-37-24-71-27-73-37)60(103)76-31(7)52(95)74-32(8)54(97)82-41(20-36-23-70-26-72-36)59(102)77-33(9)53(96)79-40(16-19-48(93)94)58(101)87-51(30(6)13-2)65(108)84-43(22-46(68)90)61(104)80-39(15-18-47(91)92)57(100)78-35(11)66(109)110/h23-24,26-35,38-44,49-51,88H,12-22,25,69H2,1-11H3,(H2,67,89)(H2,68,90)(H,70,72)(H,71,73)(H,74,95)(H,75,99)(H,76,103)(H,77,102)(H,78,100)(H,79,96)(H,80,104)(H,81,105)(H,82,97)(H,83,107)(H,84,108)(H,85,106)(H,86,98)(H,87,101)(H,91,92)(H,93,94)(H,109,110)/t29-,30-,31-,32-,33-,34-,35-,38-,39-,40-,41-,42-,43-,44-,49-,50-,51-/m0/s1. The number of carboxylic acids is 3. The predicted molar refractivity (Wildman–Crippen MR) is 382 cm³/mol. The highest BCUT2D eigenvalue weighted by atomic mass is 16.4. The molecule has 0 fully saturated rings. The second kappa shape index (κ2) is 46.5. The van der Waals surface area contributed by atoms with Gasteiger partial charge in [0, 0.05) is 55.9 Å². The molecule has 2 heterocycles. The molecule has 0 spiro atoms. The normalized spacial score (nSPS) is 15.7. The number of imidazole rings is 2. The number of hydrogen-bond donors (Lipinski definition) is 23. The molecule has 2 aromatic rings. The summed E-state index contributed by atoms with van der Waals surface area (Å²) < 4.78 is 0. The van der Waals surface area contributed by atoms with Crippen molar-refractivity contribution in [2.75, 3.05) is 6.61 Å². The van der Waals surface area contributed by atoms with Crippen molar-refractivity contribution >= 4 is 112 Å². The Balaban J connectivity index is 2.31. The molecule has 16 amide bonds. The molecular weight excluding hydrogens is 1450 g/mol. The Morgan fingerprint density at radius 3 is 1.07 bits per heavy atom. The third kappa shape index (κ3) is 32.8. The fourth-order valence-electron chi connectivity index (χ4n) is 10.0. The maximum Gasteiger partial charge on any atom is 0.325 e. The van der Waals surface area contributed by atoms with Crippen molar-refractivity contribution in [3.05, 3.63) is 36.4 Å². The van der Waals surface area contributed by atoms with Crippen molar-refractivity contribution in [3.8, 4) is 0 Å². The number of nitrogens with one attached hydrogen (secondary N) is 16. The molecule has 0 aliphatic heterocycles. The van der Waals surface area contributed by atoms with Crippen LogP contribution in [0.25, 0.3) is 0 Å². The molecule has 612 valence electrons. The number of hydrogen-bond acceptors (Lipinski definition) is 23. The fourth-order valence-corrected chi connectivity index (χ4v) is 10.0. The van der Waals surface area contributed by atoms with Crippen molar-refractivity contribution in [2.24, 2.45) is 35.0 Å². The van der Waals surface area contributed by atoms with Crippen LogP contribution in [-0.2, 0) is 104 Å². The summed E-state index contributed by atoms with van der Waals surface area (Å²) in [5.41, 5.74) is 17.3. The molecule has 2 aromatic heterocycles. The summed E-state index contributed by atoms with van der Waals surface area (Å²) in [4.78, 5) is 264. The molecule has 0 bridgehead atoms. The van der Waals surface area contributed by atoms with Gasteiger partial charge in [-0.1, -0.05) is 54.4 Å². The number of carbonyl (C=O) groups is 19. The molecule has 0 unspecified atom stereocenters. The van der Waals surface area contributed by atoms with Crippen molar-refractivity contribution in [2.45, 2.75) is 237 Å². The van der Waals surface area contributed by atoms with E-state index < -0.39 is 260 Å². The van der Waals surface area contributed by atoms with Crippen LogP contribution in [0.15, 0.2) is 25.0 Å². The molecule has 17 atom stereocenters. The van der Waals surface area contributed by atoms with Crippen molar-refractivity contribution in [3.63, 3.8) is 0 Å². The number of carboxylic acid groups (broad SMARTS) is 3. The SMILES string of the molecule is CC[C@H](C)[C@H](N)C(=O)N[C@@H](CO)C(=O)N[C@@H](CCC(N)=O)C(=O)N[C@@H](C)C(=O)N[C@H](C(=O)N[C@@H](Cc1cnc[nH]1)C(=O)N[C@@H](C)C(=O)N[C@@H](C)C(=O)N[C@@H](Cc1cnc[nH]1)C(=O)N[C@@H](C)C(=O)N[C@@H](CCC(=O)O)C(=O)N[C@H](C(=O)N[C@@H](CC(N)=O)C(=O)N[C@@H](CCC(=O)O)C(=O)N[C@@H](C)C(=O)O)[C@@H](C)CC)C(C)C. The van der Waals surface area contributed by atoms with Crippen LogP contribution in [0, 0.1) is 17.8 Å². The predicted octanol–water partition coefficient (Wildman–Crippen LogP) is -8.17. The molecular formula is C66H105N21O23. The van der Waals surface area contributed by atoms with E-state index in [0.717, 1.165) is 13.8 Å². The molecule has 0 aliphatic rings. The number of aromatic amines is 2. The highest BCUT2D eigenvalue weighted by Gasteiger charge is 2.39. The molecule has 110 heavy (non-hydrogen) atoms. The van der Waals surface area contributed by atoms with Gasteiger partial charge in [0.25, 0.3) is 0 Å². The first-order valence-corrected chi connectivity index (χ1v) is 35.2. The van der Waals surface area contributed by atoms with Gasteiger partial charge in [0.2, 0.25) is 94.5 Å². The van der Waals surface area contributed by atoms with E-state index in [0.29, 0.717) is 12.1 Å². The summed E-state index contributed by atoms with van der Waals surface area (Å²) in [5, 5.41) is 71.3. The lowest BCUT2D eigenvalue weighted by Gasteiger charge is -2.29. The van der Waals surface area contributed by atoms with Crippen molar-refractivity contribution in [1.29, 1.82) is 0 Å². The van der Waals surface area contributed by atoms with Gasteiger partial charge in [0.05, 0.1) is 31.7 Å². The number of aliphatic hydroxyl groups excluding tert-OH is 1. The third-order valence-electron chi connectivity index (χ3n) is 17.3. The van der Waals surface area contributed by atoms with Crippen LogP contribution >= 0.6 is 0 Å². The molecule has 0 saturated heterocycles. The number of aromatic nitrogens is 4. The number of aliphatic hydroxyl groups is 1. The average molecular weight is 1560 g/mol. The van der Waals surface area contributed by atoms with Gasteiger partial charge in [-0.15, -0.1) is 0 Å². The number of amides is 16. The topological polar surface area (TPSA) is 709 Å². The van der Waals surface area contributed by atoms with Crippen LogP contribution in [0.1, 0.15) is 145 Å². The highest BCUT2D eigenvalue weighted by molar-refractivity contribution is 6.01. The third-order valence-corrected chi connectivity index (χ3v) is 17.3. The van der Waals surface area contributed by atoms with Gasteiger partial charge in [-0.05, 0) is 71.6 Å². The van der Waals surface area contributed by atoms with Crippen LogP contribution in [0.2, 0.25) is 0 Å². The van der Waals surface area contributed by atoms with E-state index in [-0.39, 0.29) is 37.3 Å². The van der Waals surface area contributed by atoms with Gasteiger partial charge >= 0.3 is 17.9 Å². The van der Waals surface area contributed by atoms with Crippen LogP contribution in [0.4, 0.5) is 0 Å². The van der Waals surface area contributed by atoms with E-state index in [4.69, 9.17) is 17.2 Å². The van der Waals surface area contributed by atoms with Crippen LogP contribution in [0.3, 0.4) is 0 Å². The number of rotatable bonds is 50. The molecule has 0 aromatic carbocycles. The lowest BCUT2D eigenvalue weighted by atomic mass is 9.96. The Hall–Kier alpha value is -11.7. The Kier molecular flexibility index (Phi) is 39.9. The summed E-state index contributed by atoms with van der Waals surface area (Å²) in [7, 11) is 0. The lowest BCUT2D eigenvalue weighted by molar-refractivity contribution is -0.142. The molecule has 2 rings (SSSR count). The number of nitrogens with two attached hydrogens (primary N) is 3. The summed E-state index contributed by atoms with van der Waals surface area (Å²) in [5.74, 6) is -22.7. The first-order valence-electron chi connectivity index (χ1n) is 35.2. The average Bonchev–Trinajstić information content (AvgIpc) is 1.01. The zero-order valence-corrected chi connectivity index (χ0v) is 62.9. The van der Waals surface area contributed by atoms with Crippen molar-refractivity contribution < 1.29 is 112 Å². The fraction of sp³-hybridized carbons (Fsp3) is 0.621. The Labute approximate surface area is 631 Å². The van der Waals surface area contributed by atoms with Gasteiger partial charge in [-0.3, -0.25) is 91.1 Å². The zero-order chi connectivity index (χ0) is 83.6. The molecule has 0 saturated carbocycles. The van der Waals surface area contributed by atoms with Gasteiger partial charge < -0.3 is 122 Å². The number of primary amides is 2. The molecule has 0 radical (unpaired) electrons. The minimum Gasteiger partial charge on any atom is -0.481 e. The van der Waals surface area contributed by atoms with E-state index >= 15 is 0 Å². The Morgan fingerprint density at radius 1 is 0.373 bits per heavy atom. The van der Waals surface area contributed by atoms with Gasteiger partial charge in [0.15, 0.2) is 0 Å². The highest BCUT2D eigenvalue weighted by Crippen LogP contribution is 2.14. The molecule has 44 heteroatoms. The van der Waals surface area contributed by atoms with E-state index in [1.807, 2.05) is 0 Å². The van der Waals surface area contributed by atoms with Crippen molar-refractivity contribution in [1.82, 2.24) is 94.4 Å². The summed E-state index contributed by atoms with van der Waals surface area (Å²) in [6, 6.07) is -23.2. The van der Waals surface area contributed by atoms with E-state index in [9.17, 15) is 112 Å². The zero-order valence-electron chi connectivity index (χ0n) is 62.9. The van der Waals surface area contributed by atoms with E-state index in [2.05, 4.69) is 94.4 Å². The molecule has 0 aliphatic carbocycles. The number of nitrogens with zero attached hydrogens (tertiary/aromatic N) is 2. The van der Waals surface area contributed by atoms with Gasteiger partial charge in [-0.2, -0.15) is 0 Å². The maximum atomic E-state index is 14.1. The van der Waals surface area contributed by atoms with Gasteiger partial charge in [0.1, 0.15) is 84.6 Å². The minimum absolute atomic E-state index is 0.133. The number of H-pyrrole nitrogens is 2. The summed E-state index contributed by atoms with van der Waals surface area (Å²) >= 11 is 0. The summed E-state index contributed by atoms with van der Waals surface area (Å²) in [6.45, 7) is 14.6. The lowest BCUT2D eigenvalue weighted by Crippen LogP contribution is -2.61. The van der Waals surface area contributed by atoms with Crippen LogP contribution < -0.4 is 91.6 Å². The summed E-state index contributed by atoms with van der Waals surface area (Å²) in [6.07, 6.45) is 0.783. The number of carbonyl (C=O) groups excluding carboxylic acids is 16. The quantitative estimate of drug-likeness (QED) is 0.0292. The molecule has 26 N–H and O–H groups in total. The first kappa shape index (κ1) is 94.4. The largest absolute Gasteiger partial charge is 0.481 e. The maximum absolute atomic E-state index is 14.1. The smallest absolute Gasteiger partial charge is 0.325 e. The van der Waals surface area contributed by atoms with Crippen LogP contribution in [0.5, 0.6) is 0 Å². The minimum atomic E-state index is -1.90. The van der Waals surface area contributed by atoms with Crippen LogP contribution in [-0.4, -0.2) is 250 Å². The second-order valence-corrected chi connectivity index (χ2v) is 26.7. The van der Waals surface area contributed by atoms with Gasteiger partial charge in [-0.25, -0.2) is 9.97 Å². The van der Waals surface area contributed by atoms with E-state index in [1.54, 1.807) is 34.6 Å². The second-order valence-electron chi connectivity index (χ2n) is 26.7. The Morgan fingerprint density at radius 2 is 0.691 bits per heavy atom.